The summed E-state index contributed by atoms with van der Waals surface area (Å²) >= 11 is 6.44. The number of aromatic nitrogens is 5. The number of hydrogen-bond acceptors (Lipinski definition) is 5. The van der Waals surface area contributed by atoms with Crippen molar-refractivity contribution in [2.45, 2.75) is 6.54 Å². The first-order valence-corrected chi connectivity index (χ1v) is 9.00. The number of pyridine rings is 1. The number of nitrogens with zero attached hydrogens (tertiary/aromatic N) is 6. The molecule has 1 aromatic heterocycles. The van der Waals surface area contributed by atoms with Crippen LogP contribution in [0.25, 0.3) is 22.5 Å². The Bertz CT molecular complexity index is 1190. The van der Waals surface area contributed by atoms with E-state index in [1.165, 1.54) is 0 Å². The van der Waals surface area contributed by atoms with Gasteiger partial charge >= 0.3 is 0 Å². The van der Waals surface area contributed by atoms with Crippen molar-refractivity contribution in [1.82, 2.24) is 24.3 Å². The Hall–Kier alpha value is -3.19. The molecule has 1 aromatic carbocycles. The van der Waals surface area contributed by atoms with Crippen LogP contribution < -0.4 is 10.9 Å². The smallest absolute Gasteiger partial charge is 0.253 e. The van der Waals surface area contributed by atoms with Crippen LogP contribution in [0.3, 0.4) is 0 Å². The van der Waals surface area contributed by atoms with E-state index < -0.39 is 0 Å². The molecule has 134 valence electrons. The molecule has 5 rings (SSSR count). The highest BCUT2D eigenvalue weighted by Gasteiger charge is 2.22. The highest BCUT2D eigenvalue weighted by Crippen LogP contribution is 2.39. The molecule has 0 saturated heterocycles. The maximum absolute atomic E-state index is 6.44. The lowest BCUT2D eigenvalue weighted by atomic mass is 10.0. The Kier molecular flexibility index (Phi) is 3.68. The van der Waals surface area contributed by atoms with Crippen LogP contribution in [-0.2, 0) is 13.6 Å². The fraction of sp³-hybridized carbons (Fsp3) is 0.158. The maximum Gasteiger partial charge on any atom is 0.253 e. The Morgan fingerprint density at radius 1 is 1.19 bits per heavy atom. The van der Waals surface area contributed by atoms with Gasteiger partial charge in [0.2, 0.25) is 0 Å². The minimum atomic E-state index is 0.415. The Morgan fingerprint density at radius 2 is 2.07 bits per heavy atom. The van der Waals surface area contributed by atoms with E-state index in [2.05, 4.69) is 31.0 Å². The van der Waals surface area contributed by atoms with Crippen molar-refractivity contribution in [2.24, 2.45) is 12.0 Å². The lowest BCUT2D eigenvalue weighted by Gasteiger charge is -2.17. The zero-order valence-corrected chi connectivity index (χ0v) is 15.4. The second kappa shape index (κ2) is 6.21. The Morgan fingerprint density at radius 3 is 2.89 bits per heavy atom. The van der Waals surface area contributed by atoms with E-state index in [4.69, 9.17) is 16.6 Å². The van der Waals surface area contributed by atoms with Crippen LogP contribution >= 0.6 is 11.6 Å². The average Bonchev–Trinajstić information content (AvgIpc) is 3.32. The maximum atomic E-state index is 6.44. The fourth-order valence-corrected chi connectivity index (χ4v) is 3.62. The van der Waals surface area contributed by atoms with E-state index in [1.54, 1.807) is 10.9 Å². The molecule has 0 amide bonds. The van der Waals surface area contributed by atoms with Gasteiger partial charge in [0.15, 0.2) is 5.82 Å². The van der Waals surface area contributed by atoms with Crippen LogP contribution in [-0.4, -0.2) is 30.9 Å². The van der Waals surface area contributed by atoms with Gasteiger partial charge in [-0.15, -0.1) is 0 Å². The van der Waals surface area contributed by atoms with Crippen molar-refractivity contribution in [3.05, 3.63) is 59.4 Å². The largest absolute Gasteiger partial charge is 0.369 e. The molecule has 0 saturated carbocycles. The van der Waals surface area contributed by atoms with Crippen molar-refractivity contribution in [1.29, 1.82) is 0 Å². The number of fused-ring (bicyclic) bond motifs is 3. The predicted molar refractivity (Wildman–Crippen MR) is 104 cm³/mol. The van der Waals surface area contributed by atoms with Gasteiger partial charge in [0.1, 0.15) is 11.6 Å². The summed E-state index contributed by atoms with van der Waals surface area (Å²) in [5.74, 6) is 2.57. The molecule has 0 radical (unpaired) electrons. The topological polar surface area (TPSA) is 72.9 Å². The van der Waals surface area contributed by atoms with Gasteiger partial charge in [-0.05, 0) is 12.1 Å². The van der Waals surface area contributed by atoms with Gasteiger partial charge in [0.25, 0.3) is 5.62 Å². The highest BCUT2D eigenvalue weighted by atomic mass is 35.5. The minimum absolute atomic E-state index is 0.415. The van der Waals surface area contributed by atoms with E-state index in [9.17, 15) is 0 Å². The molecule has 27 heavy (non-hydrogen) atoms. The molecule has 4 heterocycles. The van der Waals surface area contributed by atoms with E-state index in [0.717, 1.165) is 46.4 Å². The second-order valence-corrected chi connectivity index (χ2v) is 6.75. The summed E-state index contributed by atoms with van der Waals surface area (Å²) < 4.78 is 3.85. The summed E-state index contributed by atoms with van der Waals surface area (Å²) in [6.45, 7) is 1.67. The van der Waals surface area contributed by atoms with Crippen molar-refractivity contribution in [3.63, 3.8) is 0 Å². The van der Waals surface area contributed by atoms with Crippen LogP contribution in [0, 0.1) is 0 Å². The molecule has 3 aliphatic heterocycles. The molecule has 0 atom stereocenters. The van der Waals surface area contributed by atoms with E-state index in [-0.39, 0.29) is 0 Å². The van der Waals surface area contributed by atoms with Gasteiger partial charge in [0, 0.05) is 54.1 Å². The van der Waals surface area contributed by atoms with Crippen molar-refractivity contribution >= 4 is 23.2 Å². The third-order valence-corrected chi connectivity index (χ3v) is 4.99. The van der Waals surface area contributed by atoms with Gasteiger partial charge in [-0.2, -0.15) is 15.1 Å². The molecule has 2 aromatic rings. The minimum Gasteiger partial charge on any atom is -0.369 e. The van der Waals surface area contributed by atoms with Gasteiger partial charge in [0.05, 0.1) is 6.20 Å². The number of halogens is 1. The molecular formula is C19H16ClN7. The van der Waals surface area contributed by atoms with E-state index >= 15 is 0 Å². The van der Waals surface area contributed by atoms with Gasteiger partial charge < -0.3 is 9.88 Å². The van der Waals surface area contributed by atoms with Crippen LogP contribution in [0.15, 0.2) is 53.8 Å². The quantitative estimate of drug-likeness (QED) is 0.582. The third-order valence-electron chi connectivity index (χ3n) is 4.67. The lowest BCUT2D eigenvalue weighted by molar-refractivity contribution is 0.756. The highest BCUT2D eigenvalue weighted by molar-refractivity contribution is 6.33. The zero-order chi connectivity index (χ0) is 18.4. The molecule has 0 unspecified atom stereocenters. The SMILES string of the molecule is Cn1nccc1N=c1ncc2cc(-c3ccccc3Cl)c3n(c-2n1)CCN3. The van der Waals surface area contributed by atoms with Crippen LogP contribution in [0.2, 0.25) is 5.02 Å². The van der Waals surface area contributed by atoms with Crippen LogP contribution in [0.5, 0.6) is 0 Å². The molecule has 0 bridgehead atoms. The number of aryl methyl sites for hydroxylation is 1. The van der Waals surface area contributed by atoms with Crippen LogP contribution in [0.4, 0.5) is 11.6 Å². The number of nitrogens with one attached hydrogen (secondary N) is 1. The van der Waals surface area contributed by atoms with Crippen molar-refractivity contribution in [2.75, 3.05) is 11.9 Å². The Labute approximate surface area is 160 Å². The standard InChI is InChI=1S/C19H16ClN7/c1-26-16(6-7-23-26)24-19-22-11-12-10-14(13-4-2-3-5-15(13)20)18-21-8-9-27(18)17(12)25-19/h2-7,10-11,21H,8-9H2,1H3. The molecular weight excluding hydrogens is 362 g/mol. The summed E-state index contributed by atoms with van der Waals surface area (Å²) in [7, 11) is 1.84. The van der Waals surface area contributed by atoms with E-state index in [0.29, 0.717) is 11.4 Å². The molecule has 1 N–H and O–H groups in total. The monoisotopic (exact) mass is 377 g/mol. The van der Waals surface area contributed by atoms with Gasteiger partial charge in [-0.25, -0.2) is 4.98 Å². The van der Waals surface area contributed by atoms with Gasteiger partial charge in [-0.1, -0.05) is 29.8 Å². The number of rotatable bonds is 2. The normalized spacial score (nSPS) is 13.8. The first-order valence-electron chi connectivity index (χ1n) is 8.63. The Balaban J connectivity index is 1.74. The molecule has 0 spiro atoms. The van der Waals surface area contributed by atoms with Crippen molar-refractivity contribution in [3.8, 4) is 22.5 Å². The molecule has 0 fully saturated rings. The second-order valence-electron chi connectivity index (χ2n) is 6.34. The third kappa shape index (κ3) is 2.67. The summed E-state index contributed by atoms with van der Waals surface area (Å²) in [6, 6.07) is 11.8. The van der Waals surface area contributed by atoms with Crippen LogP contribution in [0.1, 0.15) is 0 Å². The molecule has 3 aliphatic rings. The number of hydrogen-bond donors (Lipinski definition) is 1. The first-order chi connectivity index (χ1) is 13.2. The molecule has 0 aliphatic carbocycles. The average molecular weight is 378 g/mol. The van der Waals surface area contributed by atoms with Crippen molar-refractivity contribution < 1.29 is 0 Å². The summed E-state index contributed by atoms with van der Waals surface area (Å²) in [5.41, 5.74) is 3.40. The fourth-order valence-electron chi connectivity index (χ4n) is 3.38. The first kappa shape index (κ1) is 16.0. The summed E-state index contributed by atoms with van der Waals surface area (Å²) in [6.07, 6.45) is 3.51. The van der Waals surface area contributed by atoms with Gasteiger partial charge in [-0.3, -0.25) is 4.68 Å². The molecule has 8 heteroatoms. The number of anilines is 1. The zero-order valence-electron chi connectivity index (χ0n) is 14.6. The summed E-state index contributed by atoms with van der Waals surface area (Å²) in [5, 5.41) is 8.31. The predicted octanol–water partition coefficient (Wildman–Crippen LogP) is 3.09. The summed E-state index contributed by atoms with van der Waals surface area (Å²) in [4.78, 5) is 13.6. The molecule has 7 nitrogen and oxygen atoms in total. The number of benzene rings is 1. The lowest BCUT2D eigenvalue weighted by Crippen LogP contribution is -2.17. The van der Waals surface area contributed by atoms with E-state index in [1.807, 2.05) is 43.6 Å².